The monoisotopic (exact) mass is 157 g/mol. The van der Waals surface area contributed by atoms with Gasteiger partial charge < -0.3 is 10.1 Å². The van der Waals surface area contributed by atoms with Gasteiger partial charge in [-0.15, -0.1) is 0 Å². The molecule has 11 heavy (non-hydrogen) atoms. The number of ether oxygens (including phenoxy) is 1. The molecule has 1 N–H and O–H groups in total. The summed E-state index contributed by atoms with van der Waals surface area (Å²) in [5, 5.41) is 2.26. The Morgan fingerprint density at radius 1 is 1.64 bits per heavy atom. The van der Waals surface area contributed by atoms with E-state index >= 15 is 0 Å². The molecule has 1 atom stereocenters. The highest BCUT2D eigenvalue weighted by Crippen LogP contribution is 2.00. The van der Waals surface area contributed by atoms with Gasteiger partial charge in [-0.3, -0.25) is 14.4 Å². The highest BCUT2D eigenvalue weighted by Gasteiger charge is 2.35. The number of Topliss-reactive ketones (excluding diaryl/α,β-unsaturated/α-hetero) is 1. The summed E-state index contributed by atoms with van der Waals surface area (Å²) >= 11 is 0. The van der Waals surface area contributed by atoms with E-state index in [1.807, 2.05) is 0 Å². The summed E-state index contributed by atoms with van der Waals surface area (Å²) in [5.74, 6) is -1.56. The molecule has 1 heterocycles. The Morgan fingerprint density at radius 2 is 2.27 bits per heavy atom. The molecular formula is C6H7NO4. The van der Waals surface area contributed by atoms with E-state index in [4.69, 9.17) is 0 Å². The lowest BCUT2D eigenvalue weighted by molar-refractivity contribution is -0.155. The Morgan fingerprint density at radius 3 is 2.64 bits per heavy atom. The molecule has 1 aliphatic rings. The topological polar surface area (TPSA) is 72.5 Å². The van der Waals surface area contributed by atoms with Crippen molar-refractivity contribution < 1.29 is 19.1 Å². The van der Waals surface area contributed by atoms with Gasteiger partial charge in [0.15, 0.2) is 0 Å². The van der Waals surface area contributed by atoms with Crippen LogP contribution in [0.4, 0.5) is 0 Å². The minimum atomic E-state index is -1.22. The minimum Gasteiger partial charge on any atom is -0.444 e. The van der Waals surface area contributed by atoms with Crippen LogP contribution in [0.25, 0.3) is 0 Å². The first kappa shape index (κ1) is 7.71. The van der Waals surface area contributed by atoms with E-state index in [1.54, 1.807) is 0 Å². The lowest BCUT2D eigenvalue weighted by atomic mass is 10.3. The van der Waals surface area contributed by atoms with Gasteiger partial charge in [-0.2, -0.15) is 0 Å². The first-order valence-electron chi connectivity index (χ1n) is 3.09. The maximum absolute atomic E-state index is 10.8. The van der Waals surface area contributed by atoms with Crippen LogP contribution in [0.2, 0.25) is 0 Å². The second-order valence-corrected chi connectivity index (χ2v) is 2.17. The third kappa shape index (κ3) is 1.54. The van der Waals surface area contributed by atoms with E-state index in [9.17, 15) is 14.4 Å². The fraction of sp³-hybridized carbons (Fsp3) is 0.500. The predicted octanol–water partition coefficient (Wildman–Crippen LogP) is -1.38. The van der Waals surface area contributed by atoms with E-state index in [0.717, 1.165) is 6.92 Å². The van der Waals surface area contributed by atoms with Crippen molar-refractivity contribution in [1.29, 1.82) is 0 Å². The summed E-state index contributed by atoms with van der Waals surface area (Å²) in [6.45, 7) is 1.11. The van der Waals surface area contributed by atoms with E-state index in [-0.39, 0.29) is 6.54 Å². The van der Waals surface area contributed by atoms with Gasteiger partial charge in [0.05, 0.1) is 6.54 Å². The number of carbonyl (C=O) groups is 3. The lowest BCUT2D eigenvalue weighted by Crippen LogP contribution is -2.30. The van der Waals surface area contributed by atoms with Crippen LogP contribution in [0.15, 0.2) is 0 Å². The van der Waals surface area contributed by atoms with E-state index in [1.165, 1.54) is 0 Å². The normalized spacial score (nSPS) is 23.2. The minimum absolute atomic E-state index is 0.0449. The van der Waals surface area contributed by atoms with Crippen LogP contribution in [-0.2, 0) is 19.1 Å². The van der Waals surface area contributed by atoms with Crippen molar-refractivity contribution in [3.63, 3.8) is 0 Å². The Bertz CT molecular complexity index is 207. The molecular weight excluding hydrogens is 150 g/mol. The Kier molecular flexibility index (Phi) is 1.89. The molecule has 1 aliphatic heterocycles. The smallest absolute Gasteiger partial charge is 0.303 e. The van der Waals surface area contributed by atoms with E-state index < -0.39 is 23.8 Å². The number of hydrogen-bond acceptors (Lipinski definition) is 4. The Balaban J connectivity index is 2.62. The maximum Gasteiger partial charge on any atom is 0.303 e. The summed E-state index contributed by atoms with van der Waals surface area (Å²) in [7, 11) is 0. The molecule has 0 aromatic heterocycles. The summed E-state index contributed by atoms with van der Waals surface area (Å²) < 4.78 is 4.44. The largest absolute Gasteiger partial charge is 0.444 e. The zero-order chi connectivity index (χ0) is 8.43. The predicted molar refractivity (Wildman–Crippen MR) is 33.6 cm³/mol. The van der Waals surface area contributed by atoms with Gasteiger partial charge in [0, 0.05) is 6.92 Å². The molecule has 1 saturated heterocycles. The molecule has 0 saturated carbocycles. The Hall–Kier alpha value is -1.39. The molecule has 0 aliphatic carbocycles. The molecule has 0 spiro atoms. The van der Waals surface area contributed by atoms with Gasteiger partial charge in [0.1, 0.15) is 0 Å². The molecule has 60 valence electrons. The fourth-order valence-electron chi connectivity index (χ4n) is 0.791. The van der Waals surface area contributed by atoms with E-state index in [2.05, 4.69) is 10.1 Å². The highest BCUT2D eigenvalue weighted by molar-refractivity contribution is 6.12. The first-order chi connectivity index (χ1) is 5.11. The number of rotatable bonds is 1. The fourth-order valence-corrected chi connectivity index (χ4v) is 0.791. The summed E-state index contributed by atoms with van der Waals surface area (Å²) in [4.78, 5) is 31.8. The van der Waals surface area contributed by atoms with Crippen molar-refractivity contribution in [2.45, 2.75) is 13.0 Å². The molecule has 5 nitrogen and oxygen atoms in total. The van der Waals surface area contributed by atoms with Crippen molar-refractivity contribution in [1.82, 2.24) is 5.32 Å². The third-order valence-electron chi connectivity index (χ3n) is 1.25. The zero-order valence-electron chi connectivity index (χ0n) is 5.92. The van der Waals surface area contributed by atoms with Gasteiger partial charge in [-0.1, -0.05) is 0 Å². The molecule has 1 amide bonds. The molecule has 1 rings (SSSR count). The maximum atomic E-state index is 10.8. The van der Waals surface area contributed by atoms with Crippen molar-refractivity contribution >= 4 is 17.7 Å². The molecule has 5 heteroatoms. The number of ketones is 1. The zero-order valence-corrected chi connectivity index (χ0v) is 5.92. The summed E-state index contributed by atoms with van der Waals surface area (Å²) in [6, 6.07) is 0. The number of nitrogens with one attached hydrogen (secondary N) is 1. The number of carbonyl (C=O) groups excluding carboxylic acids is 3. The average Bonchev–Trinajstić information content (AvgIpc) is 2.18. The van der Waals surface area contributed by atoms with E-state index in [0.29, 0.717) is 0 Å². The standard InChI is InChI=1S/C6H7NO4/c1-3(8)11-5-4(9)2-7-6(5)10/h5H,2H2,1H3,(H,7,10). The number of esters is 1. The quantitative estimate of drug-likeness (QED) is 0.376. The molecule has 0 aromatic rings. The van der Waals surface area contributed by atoms with Crippen LogP contribution >= 0.6 is 0 Å². The number of amides is 1. The SMILES string of the molecule is CC(=O)OC1C(=O)CNC1=O. The summed E-state index contributed by atoms with van der Waals surface area (Å²) in [6.07, 6.45) is -1.22. The molecule has 0 aromatic carbocycles. The van der Waals surface area contributed by atoms with Gasteiger partial charge >= 0.3 is 5.97 Å². The van der Waals surface area contributed by atoms with Gasteiger partial charge in [-0.05, 0) is 0 Å². The van der Waals surface area contributed by atoms with Crippen LogP contribution < -0.4 is 5.32 Å². The molecule has 0 bridgehead atoms. The van der Waals surface area contributed by atoms with Crippen molar-refractivity contribution in [3.05, 3.63) is 0 Å². The molecule has 1 unspecified atom stereocenters. The van der Waals surface area contributed by atoms with Crippen LogP contribution in [-0.4, -0.2) is 30.3 Å². The lowest BCUT2D eigenvalue weighted by Gasteiger charge is -2.03. The van der Waals surface area contributed by atoms with Gasteiger partial charge in [-0.25, -0.2) is 0 Å². The van der Waals surface area contributed by atoms with Crippen molar-refractivity contribution in [2.24, 2.45) is 0 Å². The second kappa shape index (κ2) is 2.69. The third-order valence-corrected chi connectivity index (χ3v) is 1.25. The van der Waals surface area contributed by atoms with Gasteiger partial charge in [0.25, 0.3) is 5.91 Å². The van der Waals surface area contributed by atoms with Crippen LogP contribution in [0, 0.1) is 0 Å². The summed E-state index contributed by atoms with van der Waals surface area (Å²) in [5.41, 5.74) is 0. The second-order valence-electron chi connectivity index (χ2n) is 2.17. The molecule has 1 fully saturated rings. The highest BCUT2D eigenvalue weighted by atomic mass is 16.6. The molecule has 0 radical (unpaired) electrons. The van der Waals surface area contributed by atoms with Crippen molar-refractivity contribution in [2.75, 3.05) is 6.54 Å². The first-order valence-corrected chi connectivity index (χ1v) is 3.09. The Labute approximate surface area is 62.7 Å². The van der Waals surface area contributed by atoms with Gasteiger partial charge in [0.2, 0.25) is 11.9 Å². The van der Waals surface area contributed by atoms with Crippen LogP contribution in [0.3, 0.4) is 0 Å². The number of hydrogen-bond donors (Lipinski definition) is 1. The van der Waals surface area contributed by atoms with Crippen LogP contribution in [0.1, 0.15) is 6.92 Å². The van der Waals surface area contributed by atoms with Crippen LogP contribution in [0.5, 0.6) is 0 Å². The van der Waals surface area contributed by atoms with Crippen molar-refractivity contribution in [3.8, 4) is 0 Å². The average molecular weight is 157 g/mol.